The van der Waals surface area contributed by atoms with Crippen LogP contribution in [-0.2, 0) is 9.59 Å². The number of amides is 2. The number of carboxylic acids is 1. The van der Waals surface area contributed by atoms with E-state index in [0.717, 1.165) is 6.07 Å². The van der Waals surface area contributed by atoms with Crippen molar-refractivity contribution < 1.29 is 28.3 Å². The van der Waals surface area contributed by atoms with Crippen LogP contribution < -0.4 is 11.1 Å². The smallest absolute Gasteiger partial charge is 0.303 e. The first kappa shape index (κ1) is 14.6. The number of nitrogens with two attached hydrogens (primary N) is 1. The van der Waals surface area contributed by atoms with Crippen molar-refractivity contribution in [2.24, 2.45) is 5.73 Å². The van der Waals surface area contributed by atoms with E-state index in [1.807, 2.05) is 0 Å². The number of carbonyl (C=O) groups excluding carboxylic acids is 2. The molecule has 0 saturated carbocycles. The highest BCUT2D eigenvalue weighted by atomic mass is 19.2. The van der Waals surface area contributed by atoms with Crippen molar-refractivity contribution in [3.05, 3.63) is 29.3 Å². The van der Waals surface area contributed by atoms with E-state index in [2.05, 4.69) is 5.32 Å². The number of nitrogens with one attached hydrogen (secondary N) is 1. The Kier molecular flexibility index (Phi) is 4.51. The number of halogens is 2. The van der Waals surface area contributed by atoms with Gasteiger partial charge in [0.05, 0.1) is 12.1 Å². The van der Waals surface area contributed by atoms with Crippen LogP contribution in [-0.4, -0.2) is 22.9 Å². The summed E-state index contributed by atoms with van der Waals surface area (Å²) in [5, 5.41) is 10.5. The molecule has 4 N–H and O–H groups in total. The van der Waals surface area contributed by atoms with Gasteiger partial charge in [-0.1, -0.05) is 0 Å². The fourth-order valence-corrected chi connectivity index (χ4v) is 1.33. The Morgan fingerprint density at radius 2 is 1.84 bits per heavy atom. The first-order chi connectivity index (χ1) is 8.82. The zero-order valence-corrected chi connectivity index (χ0v) is 9.57. The van der Waals surface area contributed by atoms with Gasteiger partial charge in [0.25, 0.3) is 5.91 Å². The molecule has 0 bridgehead atoms. The largest absolute Gasteiger partial charge is 0.481 e. The predicted octanol–water partition coefficient (Wildman–Crippen LogP) is 0.867. The van der Waals surface area contributed by atoms with E-state index in [1.54, 1.807) is 0 Å². The molecule has 1 aromatic carbocycles. The van der Waals surface area contributed by atoms with Gasteiger partial charge in [-0.25, -0.2) is 8.78 Å². The van der Waals surface area contributed by atoms with Gasteiger partial charge in [-0.2, -0.15) is 0 Å². The fraction of sp³-hybridized carbons (Fsp3) is 0.182. The number of anilines is 1. The van der Waals surface area contributed by atoms with Gasteiger partial charge in [0.15, 0.2) is 11.6 Å². The molecule has 8 heteroatoms. The zero-order chi connectivity index (χ0) is 14.6. The van der Waals surface area contributed by atoms with Crippen LogP contribution >= 0.6 is 0 Å². The van der Waals surface area contributed by atoms with E-state index in [4.69, 9.17) is 10.8 Å². The zero-order valence-electron chi connectivity index (χ0n) is 9.57. The van der Waals surface area contributed by atoms with Gasteiger partial charge >= 0.3 is 5.97 Å². The second-order valence-electron chi connectivity index (χ2n) is 3.59. The Balaban J connectivity index is 2.95. The summed E-state index contributed by atoms with van der Waals surface area (Å²) in [6.45, 7) is 0. The van der Waals surface area contributed by atoms with Crippen molar-refractivity contribution in [3.8, 4) is 0 Å². The standard InChI is InChI=1S/C11H10F2N2O4/c12-5-1-2-6(9(10(5)13)11(14)19)15-7(16)3-4-8(17)18/h1-2H,3-4H2,(H2,14,19)(H,15,16)(H,17,18). The van der Waals surface area contributed by atoms with Crippen molar-refractivity contribution >= 4 is 23.5 Å². The molecule has 0 saturated heterocycles. The highest BCUT2D eigenvalue weighted by molar-refractivity contribution is 6.03. The first-order valence-electron chi connectivity index (χ1n) is 5.12. The maximum absolute atomic E-state index is 13.4. The maximum atomic E-state index is 13.4. The van der Waals surface area contributed by atoms with Crippen LogP contribution in [0.1, 0.15) is 23.2 Å². The first-order valence-corrected chi connectivity index (χ1v) is 5.12. The Labute approximate surface area is 106 Å². The van der Waals surface area contributed by atoms with E-state index >= 15 is 0 Å². The summed E-state index contributed by atoms with van der Waals surface area (Å²) in [5.74, 6) is -5.93. The molecular formula is C11H10F2N2O4. The van der Waals surface area contributed by atoms with Crippen molar-refractivity contribution in [1.82, 2.24) is 0 Å². The predicted molar refractivity (Wildman–Crippen MR) is 60.4 cm³/mol. The highest BCUT2D eigenvalue weighted by Crippen LogP contribution is 2.21. The van der Waals surface area contributed by atoms with Crippen molar-refractivity contribution in [3.63, 3.8) is 0 Å². The number of carbonyl (C=O) groups is 3. The summed E-state index contributed by atoms with van der Waals surface area (Å²) in [4.78, 5) is 32.6. The minimum atomic E-state index is -1.47. The summed E-state index contributed by atoms with van der Waals surface area (Å²) >= 11 is 0. The summed E-state index contributed by atoms with van der Waals surface area (Å²) < 4.78 is 26.3. The van der Waals surface area contributed by atoms with Gasteiger partial charge in [-0.3, -0.25) is 14.4 Å². The van der Waals surface area contributed by atoms with Crippen molar-refractivity contribution in [2.45, 2.75) is 12.8 Å². The minimum absolute atomic E-state index is 0.304. The topological polar surface area (TPSA) is 109 Å². The third-order valence-electron chi connectivity index (χ3n) is 2.18. The van der Waals surface area contributed by atoms with Crippen LogP contribution in [0, 0.1) is 11.6 Å². The monoisotopic (exact) mass is 272 g/mol. The van der Waals surface area contributed by atoms with E-state index in [9.17, 15) is 23.2 Å². The Hall–Kier alpha value is -2.51. The molecule has 0 aliphatic heterocycles. The number of carboxylic acid groups (broad SMARTS) is 1. The second kappa shape index (κ2) is 5.89. The van der Waals surface area contributed by atoms with Crippen LogP contribution in [0.25, 0.3) is 0 Å². The number of rotatable bonds is 5. The van der Waals surface area contributed by atoms with Crippen LogP contribution in [0.2, 0.25) is 0 Å². The summed E-state index contributed by atoms with van der Waals surface area (Å²) in [5.41, 5.74) is 3.80. The lowest BCUT2D eigenvalue weighted by molar-refractivity contribution is -0.138. The SMILES string of the molecule is NC(=O)c1c(NC(=O)CCC(=O)O)ccc(F)c1F. The van der Waals surface area contributed by atoms with Gasteiger partial charge < -0.3 is 16.2 Å². The maximum Gasteiger partial charge on any atom is 0.303 e. The third kappa shape index (κ3) is 3.73. The van der Waals surface area contributed by atoms with Gasteiger partial charge in [0.1, 0.15) is 5.56 Å². The highest BCUT2D eigenvalue weighted by Gasteiger charge is 2.19. The fourth-order valence-electron chi connectivity index (χ4n) is 1.33. The number of hydrogen-bond donors (Lipinski definition) is 3. The van der Waals surface area contributed by atoms with Gasteiger partial charge in [0, 0.05) is 6.42 Å². The molecule has 0 unspecified atom stereocenters. The lowest BCUT2D eigenvalue weighted by atomic mass is 10.1. The average molecular weight is 272 g/mol. The Bertz CT molecular complexity index is 546. The number of primary amides is 1. The molecule has 102 valence electrons. The van der Waals surface area contributed by atoms with Crippen LogP contribution in [0.3, 0.4) is 0 Å². The summed E-state index contributed by atoms with van der Waals surface area (Å²) in [7, 11) is 0. The minimum Gasteiger partial charge on any atom is -0.481 e. The van der Waals surface area contributed by atoms with Crippen LogP contribution in [0.15, 0.2) is 12.1 Å². The molecule has 0 aliphatic carbocycles. The Morgan fingerprint density at radius 3 is 2.37 bits per heavy atom. The van der Waals surface area contributed by atoms with E-state index in [0.29, 0.717) is 6.07 Å². The molecule has 0 fully saturated rings. The molecule has 0 aromatic heterocycles. The molecule has 19 heavy (non-hydrogen) atoms. The molecule has 0 aliphatic rings. The summed E-state index contributed by atoms with van der Waals surface area (Å²) in [6.07, 6.45) is -0.798. The summed E-state index contributed by atoms with van der Waals surface area (Å²) in [6, 6.07) is 1.69. The quantitative estimate of drug-likeness (QED) is 0.738. The number of aliphatic carboxylic acids is 1. The van der Waals surface area contributed by atoms with E-state index in [-0.39, 0.29) is 12.1 Å². The molecule has 6 nitrogen and oxygen atoms in total. The third-order valence-corrected chi connectivity index (χ3v) is 2.18. The average Bonchev–Trinajstić information content (AvgIpc) is 2.31. The van der Waals surface area contributed by atoms with Gasteiger partial charge in [-0.15, -0.1) is 0 Å². The van der Waals surface area contributed by atoms with Gasteiger partial charge in [-0.05, 0) is 12.1 Å². The number of hydrogen-bond acceptors (Lipinski definition) is 3. The van der Waals surface area contributed by atoms with Crippen LogP contribution in [0.4, 0.5) is 14.5 Å². The van der Waals surface area contributed by atoms with Crippen molar-refractivity contribution in [1.29, 1.82) is 0 Å². The van der Waals surface area contributed by atoms with E-state index in [1.165, 1.54) is 0 Å². The van der Waals surface area contributed by atoms with Crippen molar-refractivity contribution in [2.75, 3.05) is 5.32 Å². The lowest BCUT2D eigenvalue weighted by Crippen LogP contribution is -2.20. The molecule has 0 spiro atoms. The molecule has 1 aromatic rings. The lowest BCUT2D eigenvalue weighted by Gasteiger charge is -2.09. The molecule has 2 amide bonds. The normalized spacial score (nSPS) is 10.0. The Morgan fingerprint density at radius 1 is 1.21 bits per heavy atom. The van der Waals surface area contributed by atoms with E-state index < -0.39 is 41.4 Å². The molecule has 0 heterocycles. The van der Waals surface area contributed by atoms with Crippen LogP contribution in [0.5, 0.6) is 0 Å². The molecule has 0 radical (unpaired) electrons. The molecular weight excluding hydrogens is 262 g/mol. The second-order valence-corrected chi connectivity index (χ2v) is 3.59. The van der Waals surface area contributed by atoms with Gasteiger partial charge in [0.2, 0.25) is 5.91 Å². The molecule has 0 atom stereocenters. The molecule has 1 rings (SSSR count). The number of benzene rings is 1.